The zero-order chi connectivity index (χ0) is 14.5. The lowest BCUT2D eigenvalue weighted by Crippen LogP contribution is -2.49. The molecule has 1 fully saturated rings. The molecule has 4 atom stereocenters. The highest BCUT2D eigenvalue weighted by atomic mass is 16.6. The fourth-order valence-corrected chi connectivity index (χ4v) is 2.35. The molecule has 5 heteroatoms. The number of hydrogen-bond acceptors (Lipinski definition) is 5. The summed E-state index contributed by atoms with van der Waals surface area (Å²) in [6.45, 7) is 3.56. The summed E-state index contributed by atoms with van der Waals surface area (Å²) in [6.07, 6.45) is -1.92. The molecule has 1 aromatic carbocycles. The third-order valence-electron chi connectivity index (χ3n) is 3.24. The van der Waals surface area contributed by atoms with Crippen LogP contribution in [0.4, 0.5) is 0 Å². The van der Waals surface area contributed by atoms with E-state index in [0.29, 0.717) is 6.61 Å². The van der Waals surface area contributed by atoms with E-state index >= 15 is 0 Å². The van der Waals surface area contributed by atoms with Gasteiger partial charge < -0.3 is 19.3 Å². The van der Waals surface area contributed by atoms with Crippen molar-refractivity contribution in [3.8, 4) is 0 Å². The molecule has 0 bridgehead atoms. The summed E-state index contributed by atoms with van der Waals surface area (Å²) in [4.78, 5) is 11.1. The molecule has 5 nitrogen and oxygen atoms in total. The van der Waals surface area contributed by atoms with Crippen LogP contribution in [0.3, 0.4) is 0 Å². The van der Waals surface area contributed by atoms with Gasteiger partial charge in [0.15, 0.2) is 6.29 Å². The molecule has 1 unspecified atom stereocenters. The number of ether oxygens (including phenoxy) is 3. The molecule has 1 aliphatic heterocycles. The average molecular weight is 280 g/mol. The molecule has 2 rings (SSSR count). The van der Waals surface area contributed by atoms with Crippen LogP contribution in [0.2, 0.25) is 0 Å². The van der Waals surface area contributed by atoms with Crippen molar-refractivity contribution in [2.24, 2.45) is 0 Å². The van der Waals surface area contributed by atoms with Gasteiger partial charge in [-0.15, -0.1) is 0 Å². The second-order valence-corrected chi connectivity index (χ2v) is 4.94. The predicted octanol–water partition coefficient (Wildman–Crippen LogP) is 1.63. The van der Waals surface area contributed by atoms with E-state index in [1.807, 2.05) is 30.3 Å². The number of carbonyl (C=O) groups excluding carboxylic acids is 1. The van der Waals surface area contributed by atoms with Crippen LogP contribution in [0.5, 0.6) is 0 Å². The fraction of sp³-hybridized carbons (Fsp3) is 0.533. The molecule has 1 aliphatic rings. The van der Waals surface area contributed by atoms with E-state index in [1.54, 1.807) is 6.92 Å². The molecule has 0 aromatic heterocycles. The number of hydrogen-bond donors (Lipinski definition) is 1. The summed E-state index contributed by atoms with van der Waals surface area (Å²) in [7, 11) is 0. The molecule has 1 heterocycles. The summed E-state index contributed by atoms with van der Waals surface area (Å²) >= 11 is 0. The lowest BCUT2D eigenvalue weighted by atomic mass is 10.0. The van der Waals surface area contributed by atoms with Crippen LogP contribution >= 0.6 is 0 Å². The molecule has 110 valence electrons. The van der Waals surface area contributed by atoms with Crippen LogP contribution in [0.15, 0.2) is 30.3 Å². The van der Waals surface area contributed by atoms with Crippen molar-refractivity contribution >= 4 is 5.97 Å². The Morgan fingerprint density at radius 1 is 1.40 bits per heavy atom. The largest absolute Gasteiger partial charge is 0.459 e. The number of rotatable bonds is 4. The first kappa shape index (κ1) is 15.0. The van der Waals surface area contributed by atoms with Crippen molar-refractivity contribution in [3.05, 3.63) is 35.9 Å². The van der Waals surface area contributed by atoms with Crippen LogP contribution in [-0.4, -0.2) is 35.7 Å². The van der Waals surface area contributed by atoms with E-state index in [0.717, 1.165) is 5.56 Å². The van der Waals surface area contributed by atoms with Crippen molar-refractivity contribution in [2.75, 3.05) is 0 Å². The predicted molar refractivity (Wildman–Crippen MR) is 71.7 cm³/mol. The van der Waals surface area contributed by atoms with Crippen LogP contribution in [0.25, 0.3) is 0 Å². The number of esters is 1. The number of aliphatic hydroxyl groups excluding tert-OH is 1. The van der Waals surface area contributed by atoms with Crippen molar-refractivity contribution in [3.63, 3.8) is 0 Å². The number of benzene rings is 1. The third-order valence-corrected chi connectivity index (χ3v) is 3.24. The number of carbonyl (C=O) groups is 1. The first-order valence-corrected chi connectivity index (χ1v) is 6.72. The summed E-state index contributed by atoms with van der Waals surface area (Å²) in [5.41, 5.74) is 1.03. The highest BCUT2D eigenvalue weighted by molar-refractivity contribution is 5.66. The van der Waals surface area contributed by atoms with Gasteiger partial charge >= 0.3 is 5.97 Å². The van der Waals surface area contributed by atoms with E-state index in [2.05, 4.69) is 0 Å². The summed E-state index contributed by atoms with van der Waals surface area (Å²) in [5.74, 6) is -0.385. The molecule has 0 saturated carbocycles. The first-order valence-electron chi connectivity index (χ1n) is 6.72. The number of aliphatic hydroxyl groups is 1. The monoisotopic (exact) mass is 280 g/mol. The van der Waals surface area contributed by atoms with E-state index in [9.17, 15) is 9.90 Å². The Labute approximate surface area is 118 Å². The first-order chi connectivity index (χ1) is 9.56. The minimum Gasteiger partial charge on any atom is -0.459 e. The zero-order valence-corrected chi connectivity index (χ0v) is 11.7. The maximum atomic E-state index is 11.1. The van der Waals surface area contributed by atoms with Gasteiger partial charge in [-0.05, 0) is 12.5 Å². The van der Waals surface area contributed by atoms with Crippen LogP contribution in [0, 0.1) is 0 Å². The SMILES string of the molecule is CC(=O)O[C@@H]1CC(O)O[C@H](C)[C@H]1OCc1ccccc1. The van der Waals surface area contributed by atoms with Gasteiger partial charge in [-0.3, -0.25) is 4.79 Å². The van der Waals surface area contributed by atoms with Gasteiger partial charge in [0.05, 0.1) is 12.7 Å². The molecule has 1 saturated heterocycles. The highest BCUT2D eigenvalue weighted by Crippen LogP contribution is 2.25. The van der Waals surface area contributed by atoms with Crippen LogP contribution < -0.4 is 0 Å². The van der Waals surface area contributed by atoms with E-state index in [1.165, 1.54) is 6.92 Å². The molecule has 20 heavy (non-hydrogen) atoms. The molecule has 1 N–H and O–H groups in total. The Hall–Kier alpha value is -1.43. The molecule has 0 aliphatic carbocycles. The van der Waals surface area contributed by atoms with E-state index in [-0.39, 0.29) is 24.6 Å². The maximum Gasteiger partial charge on any atom is 0.302 e. The Morgan fingerprint density at radius 2 is 2.10 bits per heavy atom. The van der Waals surface area contributed by atoms with Gasteiger partial charge in [0.1, 0.15) is 12.2 Å². The Kier molecular flexibility index (Phi) is 5.11. The van der Waals surface area contributed by atoms with Crippen LogP contribution in [-0.2, 0) is 25.6 Å². The van der Waals surface area contributed by atoms with Gasteiger partial charge in [-0.1, -0.05) is 30.3 Å². The minimum absolute atomic E-state index is 0.226. The average Bonchev–Trinajstić information content (AvgIpc) is 2.38. The Balaban J connectivity index is 1.99. The van der Waals surface area contributed by atoms with Crippen molar-refractivity contribution in [1.29, 1.82) is 0 Å². The Bertz CT molecular complexity index is 433. The quantitative estimate of drug-likeness (QED) is 0.849. The Morgan fingerprint density at radius 3 is 2.75 bits per heavy atom. The molecule has 0 spiro atoms. The second-order valence-electron chi connectivity index (χ2n) is 4.94. The lowest BCUT2D eigenvalue weighted by molar-refractivity contribution is -0.245. The summed E-state index contributed by atoms with van der Waals surface area (Å²) in [6, 6.07) is 9.74. The highest BCUT2D eigenvalue weighted by Gasteiger charge is 2.38. The topological polar surface area (TPSA) is 65.0 Å². The lowest BCUT2D eigenvalue weighted by Gasteiger charge is -2.37. The van der Waals surface area contributed by atoms with Gasteiger partial charge in [0.25, 0.3) is 0 Å². The maximum absolute atomic E-state index is 11.1. The third kappa shape index (κ3) is 4.03. The van der Waals surface area contributed by atoms with Gasteiger partial charge in [-0.2, -0.15) is 0 Å². The minimum atomic E-state index is -0.925. The molecule has 1 aromatic rings. The van der Waals surface area contributed by atoms with Gasteiger partial charge in [0.2, 0.25) is 0 Å². The van der Waals surface area contributed by atoms with Gasteiger partial charge in [0, 0.05) is 13.3 Å². The second kappa shape index (κ2) is 6.83. The summed E-state index contributed by atoms with van der Waals surface area (Å²) in [5, 5.41) is 9.60. The molecular formula is C15H20O5. The van der Waals surface area contributed by atoms with Crippen molar-refractivity contribution in [2.45, 2.75) is 51.5 Å². The molecular weight excluding hydrogens is 260 g/mol. The van der Waals surface area contributed by atoms with Gasteiger partial charge in [-0.25, -0.2) is 0 Å². The molecule has 0 amide bonds. The van der Waals surface area contributed by atoms with Crippen molar-refractivity contribution in [1.82, 2.24) is 0 Å². The van der Waals surface area contributed by atoms with E-state index in [4.69, 9.17) is 14.2 Å². The zero-order valence-electron chi connectivity index (χ0n) is 11.7. The smallest absolute Gasteiger partial charge is 0.302 e. The fourth-order valence-electron chi connectivity index (χ4n) is 2.35. The van der Waals surface area contributed by atoms with Crippen LogP contribution in [0.1, 0.15) is 25.8 Å². The van der Waals surface area contributed by atoms with E-state index < -0.39 is 12.4 Å². The standard InChI is InChI=1S/C15H20O5/c1-10-15(18-9-12-6-4-3-5-7-12)13(20-11(2)16)8-14(17)19-10/h3-7,10,13-15,17H,8-9H2,1-2H3/t10-,13-,14?,15-/m1/s1. The molecule has 0 radical (unpaired) electrons. The summed E-state index contributed by atoms with van der Waals surface area (Å²) < 4.78 is 16.4. The van der Waals surface area contributed by atoms with Crippen molar-refractivity contribution < 1.29 is 24.1 Å². The normalized spacial score (nSPS) is 29.9.